The van der Waals surface area contributed by atoms with Crippen LogP contribution in [0.1, 0.15) is 23.1 Å². The van der Waals surface area contributed by atoms with E-state index in [4.69, 9.17) is 0 Å². The smallest absolute Gasteiger partial charge is 0.244 e. The van der Waals surface area contributed by atoms with Gasteiger partial charge in [0.1, 0.15) is 24.3 Å². The second-order valence-corrected chi connectivity index (χ2v) is 5.74. The summed E-state index contributed by atoms with van der Waals surface area (Å²) >= 11 is 0. The number of hydrogen-bond donors (Lipinski definition) is 2. The van der Waals surface area contributed by atoms with Gasteiger partial charge < -0.3 is 15.0 Å². The Morgan fingerprint density at radius 1 is 1.28 bits per heavy atom. The highest BCUT2D eigenvalue weighted by Crippen LogP contribution is 2.20. The molecule has 1 heterocycles. The van der Waals surface area contributed by atoms with Gasteiger partial charge in [-0.1, -0.05) is 36.4 Å². The Morgan fingerprint density at radius 3 is 2.76 bits per heavy atom. The normalized spacial score (nSPS) is 12.0. The van der Waals surface area contributed by atoms with Crippen LogP contribution in [-0.2, 0) is 11.3 Å². The van der Waals surface area contributed by atoms with Gasteiger partial charge in [0.2, 0.25) is 5.91 Å². The quantitative estimate of drug-likeness (QED) is 0.751. The van der Waals surface area contributed by atoms with Gasteiger partial charge >= 0.3 is 0 Å². The first-order valence-electron chi connectivity index (χ1n) is 7.84. The lowest BCUT2D eigenvalue weighted by molar-refractivity contribution is -0.116. The number of rotatable bonds is 5. The maximum Gasteiger partial charge on any atom is 0.244 e. The molecule has 6 heteroatoms. The summed E-state index contributed by atoms with van der Waals surface area (Å²) in [6.45, 7) is 1.62. The molecule has 0 aliphatic heterocycles. The Kier molecular flexibility index (Phi) is 4.90. The Balaban J connectivity index is 1.72. The number of nitrogens with zero attached hydrogens (tertiary/aromatic N) is 2. The summed E-state index contributed by atoms with van der Waals surface area (Å²) in [4.78, 5) is 16.4. The molecule has 3 rings (SSSR count). The van der Waals surface area contributed by atoms with Crippen molar-refractivity contribution in [3.05, 3.63) is 83.7 Å². The standard InChI is InChI=1S/C19H18FN3O2/c1-13-7-8-15(11-16(13)20)22-17(24)12-23-10-9-21-19(23)18(25)14-5-3-2-4-6-14/h2-11,18,25H,12H2,1H3,(H,22,24)/t18-/m0/s1. The van der Waals surface area contributed by atoms with E-state index in [2.05, 4.69) is 10.3 Å². The zero-order valence-corrected chi connectivity index (χ0v) is 13.7. The number of benzene rings is 2. The van der Waals surface area contributed by atoms with Gasteiger partial charge in [-0.3, -0.25) is 4.79 Å². The fourth-order valence-electron chi connectivity index (χ4n) is 2.51. The fraction of sp³-hybridized carbons (Fsp3) is 0.158. The number of nitrogens with one attached hydrogen (secondary N) is 1. The number of amides is 1. The van der Waals surface area contributed by atoms with E-state index in [1.807, 2.05) is 18.2 Å². The van der Waals surface area contributed by atoms with Crippen molar-refractivity contribution in [2.75, 3.05) is 5.32 Å². The molecule has 1 amide bonds. The molecule has 1 aromatic heterocycles. The minimum absolute atomic E-state index is 0.0330. The Hall–Kier alpha value is -2.99. The van der Waals surface area contributed by atoms with Gasteiger partial charge in [-0.2, -0.15) is 0 Å². The molecule has 0 unspecified atom stereocenters. The van der Waals surface area contributed by atoms with Crippen molar-refractivity contribution in [3.63, 3.8) is 0 Å². The first-order valence-corrected chi connectivity index (χ1v) is 7.84. The third-order valence-electron chi connectivity index (χ3n) is 3.88. The number of hydrogen-bond acceptors (Lipinski definition) is 3. The first-order chi connectivity index (χ1) is 12.0. The molecule has 0 saturated carbocycles. The van der Waals surface area contributed by atoms with Crippen LogP contribution in [0.2, 0.25) is 0 Å². The molecule has 3 aromatic rings. The molecule has 0 saturated heterocycles. The summed E-state index contributed by atoms with van der Waals surface area (Å²) in [7, 11) is 0. The topological polar surface area (TPSA) is 67.2 Å². The van der Waals surface area contributed by atoms with E-state index < -0.39 is 6.10 Å². The average molecular weight is 339 g/mol. The molecule has 0 bridgehead atoms. The molecule has 0 spiro atoms. The minimum Gasteiger partial charge on any atom is -0.380 e. The van der Waals surface area contributed by atoms with Crippen molar-refractivity contribution >= 4 is 11.6 Å². The summed E-state index contributed by atoms with van der Waals surface area (Å²) in [5.41, 5.74) is 1.59. The third kappa shape index (κ3) is 3.92. The first kappa shape index (κ1) is 16.9. The number of carbonyl (C=O) groups is 1. The molecule has 2 aromatic carbocycles. The fourth-order valence-corrected chi connectivity index (χ4v) is 2.51. The maximum atomic E-state index is 13.6. The van der Waals surface area contributed by atoms with Crippen molar-refractivity contribution in [2.24, 2.45) is 0 Å². The van der Waals surface area contributed by atoms with Crippen molar-refractivity contribution in [1.29, 1.82) is 0 Å². The second kappa shape index (κ2) is 7.27. The number of aliphatic hydroxyl groups is 1. The molecule has 25 heavy (non-hydrogen) atoms. The van der Waals surface area contributed by atoms with Gasteiger partial charge in [0.25, 0.3) is 0 Å². The SMILES string of the molecule is Cc1ccc(NC(=O)Cn2ccnc2[C@@H](O)c2ccccc2)cc1F. The molecule has 1 atom stereocenters. The van der Waals surface area contributed by atoms with E-state index in [1.54, 1.807) is 42.0 Å². The molecule has 128 valence electrons. The van der Waals surface area contributed by atoms with Crippen molar-refractivity contribution in [3.8, 4) is 0 Å². The summed E-state index contributed by atoms with van der Waals surface area (Å²) in [5.74, 6) is -0.333. The minimum atomic E-state index is -0.930. The maximum absolute atomic E-state index is 13.6. The largest absolute Gasteiger partial charge is 0.380 e. The zero-order valence-electron chi connectivity index (χ0n) is 13.7. The van der Waals surface area contributed by atoms with Crippen LogP contribution in [0, 0.1) is 12.7 Å². The number of aryl methyl sites for hydroxylation is 1. The monoisotopic (exact) mass is 339 g/mol. The summed E-state index contributed by atoms with van der Waals surface area (Å²) in [6.07, 6.45) is 2.22. The average Bonchev–Trinajstić information content (AvgIpc) is 3.06. The molecule has 5 nitrogen and oxygen atoms in total. The van der Waals surface area contributed by atoms with Crippen LogP contribution in [-0.4, -0.2) is 20.6 Å². The molecule has 0 aliphatic rings. The number of halogens is 1. The van der Waals surface area contributed by atoms with E-state index in [0.29, 0.717) is 22.6 Å². The van der Waals surface area contributed by atoms with Crippen LogP contribution >= 0.6 is 0 Å². The predicted octanol–water partition coefficient (Wildman–Crippen LogP) is 3.05. The second-order valence-electron chi connectivity index (χ2n) is 5.74. The van der Waals surface area contributed by atoms with Crippen molar-refractivity contribution < 1.29 is 14.3 Å². The van der Waals surface area contributed by atoms with Crippen molar-refractivity contribution in [2.45, 2.75) is 19.6 Å². The number of aromatic nitrogens is 2. The molecule has 0 fully saturated rings. The number of anilines is 1. The highest BCUT2D eigenvalue weighted by molar-refractivity contribution is 5.90. The highest BCUT2D eigenvalue weighted by atomic mass is 19.1. The molecular formula is C19H18FN3O2. The van der Waals surface area contributed by atoms with E-state index in [0.717, 1.165) is 0 Å². The van der Waals surface area contributed by atoms with Crippen LogP contribution in [0.3, 0.4) is 0 Å². The molecular weight excluding hydrogens is 321 g/mol. The lowest BCUT2D eigenvalue weighted by Crippen LogP contribution is -2.21. The summed E-state index contributed by atoms with van der Waals surface area (Å²) in [6, 6.07) is 13.6. The summed E-state index contributed by atoms with van der Waals surface area (Å²) < 4.78 is 15.1. The van der Waals surface area contributed by atoms with E-state index in [9.17, 15) is 14.3 Å². The number of aliphatic hydroxyl groups excluding tert-OH is 1. The Labute approximate surface area is 144 Å². The van der Waals surface area contributed by atoms with E-state index in [1.165, 1.54) is 12.3 Å². The van der Waals surface area contributed by atoms with E-state index in [-0.39, 0.29) is 18.3 Å². The molecule has 2 N–H and O–H groups in total. The van der Waals surface area contributed by atoms with Crippen LogP contribution < -0.4 is 5.32 Å². The highest BCUT2D eigenvalue weighted by Gasteiger charge is 2.17. The van der Waals surface area contributed by atoms with Gasteiger partial charge in [-0.05, 0) is 30.2 Å². The predicted molar refractivity (Wildman–Crippen MR) is 92.5 cm³/mol. The number of imidazole rings is 1. The van der Waals surface area contributed by atoms with Gasteiger partial charge in [-0.15, -0.1) is 0 Å². The summed E-state index contributed by atoms with van der Waals surface area (Å²) in [5, 5.41) is 13.1. The molecule has 0 aliphatic carbocycles. The number of carbonyl (C=O) groups excluding carboxylic acids is 1. The van der Waals surface area contributed by atoms with Crippen molar-refractivity contribution in [1.82, 2.24) is 9.55 Å². The molecule has 0 radical (unpaired) electrons. The van der Waals surface area contributed by atoms with Gasteiger partial charge in [0.05, 0.1) is 0 Å². The third-order valence-corrected chi connectivity index (χ3v) is 3.88. The lowest BCUT2D eigenvalue weighted by Gasteiger charge is -2.14. The van der Waals surface area contributed by atoms with Gasteiger partial charge in [0.15, 0.2) is 0 Å². The zero-order chi connectivity index (χ0) is 17.8. The van der Waals surface area contributed by atoms with Gasteiger partial charge in [-0.25, -0.2) is 9.37 Å². The van der Waals surface area contributed by atoms with E-state index >= 15 is 0 Å². The Morgan fingerprint density at radius 2 is 2.04 bits per heavy atom. The van der Waals surface area contributed by atoms with Crippen LogP contribution in [0.5, 0.6) is 0 Å². The van der Waals surface area contributed by atoms with Crippen LogP contribution in [0.4, 0.5) is 10.1 Å². The van der Waals surface area contributed by atoms with Crippen LogP contribution in [0.15, 0.2) is 60.9 Å². The van der Waals surface area contributed by atoms with Gasteiger partial charge in [0, 0.05) is 18.1 Å². The lowest BCUT2D eigenvalue weighted by atomic mass is 10.1. The van der Waals surface area contributed by atoms with Crippen LogP contribution in [0.25, 0.3) is 0 Å². The Bertz CT molecular complexity index is 877.